The Morgan fingerprint density at radius 2 is 2.38 bits per heavy atom. The Kier molecular flexibility index (Phi) is 5.78. The van der Waals surface area contributed by atoms with Gasteiger partial charge in [0.2, 0.25) is 0 Å². The maximum absolute atomic E-state index is 9.03. The summed E-state index contributed by atoms with van der Waals surface area (Å²) in [5.74, 6) is 0. The number of rotatable bonds is 5. The number of hydrogen-bond acceptors (Lipinski definition) is 3. The highest BCUT2D eigenvalue weighted by atomic mass is 79.9. The predicted octanol–water partition coefficient (Wildman–Crippen LogP) is 2.90. The fourth-order valence-corrected chi connectivity index (χ4v) is 1.67. The molecule has 1 atom stereocenters. The van der Waals surface area contributed by atoms with Crippen LogP contribution in [0.5, 0.6) is 0 Å². The van der Waals surface area contributed by atoms with Gasteiger partial charge in [-0.3, -0.25) is 5.32 Å². The van der Waals surface area contributed by atoms with E-state index in [1.165, 1.54) is 0 Å². The largest absolute Gasteiger partial charge is 0.383 e. The number of hydrogen-bond donors (Lipinski definition) is 1. The van der Waals surface area contributed by atoms with Gasteiger partial charge < -0.3 is 4.74 Å². The summed E-state index contributed by atoms with van der Waals surface area (Å²) in [6.07, 6.45) is 0. The fourth-order valence-electron chi connectivity index (χ4n) is 1.24. The highest BCUT2D eigenvalue weighted by molar-refractivity contribution is 9.10. The molecule has 0 aromatic heterocycles. The van der Waals surface area contributed by atoms with Crippen LogP contribution >= 0.6 is 27.5 Å². The van der Waals surface area contributed by atoms with Crippen LogP contribution in [-0.4, -0.2) is 20.3 Å². The Hall–Kier alpha value is -0.600. The van der Waals surface area contributed by atoms with Crippen LogP contribution in [0.1, 0.15) is 11.6 Å². The topological polar surface area (TPSA) is 45.0 Å². The van der Waals surface area contributed by atoms with Crippen LogP contribution in [0.15, 0.2) is 22.7 Å². The third-order valence-electron chi connectivity index (χ3n) is 2.06. The molecular weight excluding hydrogens is 291 g/mol. The molecule has 16 heavy (non-hydrogen) atoms. The first-order valence-electron chi connectivity index (χ1n) is 4.76. The SMILES string of the molecule is COCCNC(C#N)c1ccc(Br)c(Cl)c1. The molecule has 0 amide bonds. The summed E-state index contributed by atoms with van der Waals surface area (Å²) in [7, 11) is 1.62. The molecule has 1 rings (SSSR count). The molecule has 0 spiro atoms. The summed E-state index contributed by atoms with van der Waals surface area (Å²) in [5.41, 5.74) is 0.854. The van der Waals surface area contributed by atoms with Crippen LogP contribution in [0.25, 0.3) is 0 Å². The third-order valence-corrected chi connectivity index (χ3v) is 3.29. The van der Waals surface area contributed by atoms with E-state index in [9.17, 15) is 0 Å². The minimum absolute atomic E-state index is 0.360. The van der Waals surface area contributed by atoms with Crippen molar-refractivity contribution in [1.82, 2.24) is 5.32 Å². The molecule has 0 fully saturated rings. The van der Waals surface area contributed by atoms with Gasteiger partial charge in [0, 0.05) is 18.1 Å². The van der Waals surface area contributed by atoms with Gasteiger partial charge in [0.05, 0.1) is 17.7 Å². The monoisotopic (exact) mass is 302 g/mol. The van der Waals surface area contributed by atoms with Gasteiger partial charge in [0.1, 0.15) is 6.04 Å². The Balaban J connectivity index is 2.72. The first kappa shape index (κ1) is 13.5. The lowest BCUT2D eigenvalue weighted by molar-refractivity contribution is 0.198. The van der Waals surface area contributed by atoms with Crippen molar-refractivity contribution in [2.45, 2.75) is 6.04 Å². The Morgan fingerprint density at radius 3 is 2.94 bits per heavy atom. The van der Waals surface area contributed by atoms with E-state index in [4.69, 9.17) is 21.6 Å². The minimum atomic E-state index is -0.360. The minimum Gasteiger partial charge on any atom is -0.383 e. The van der Waals surface area contributed by atoms with Gasteiger partial charge in [-0.15, -0.1) is 0 Å². The van der Waals surface area contributed by atoms with Gasteiger partial charge in [0.25, 0.3) is 0 Å². The molecule has 1 unspecified atom stereocenters. The number of ether oxygens (including phenoxy) is 1. The van der Waals surface area contributed by atoms with E-state index in [0.717, 1.165) is 10.0 Å². The van der Waals surface area contributed by atoms with Crippen LogP contribution in [-0.2, 0) is 4.74 Å². The van der Waals surface area contributed by atoms with Gasteiger partial charge in [0.15, 0.2) is 0 Å². The standard InChI is InChI=1S/C11H12BrClN2O/c1-16-5-4-15-11(7-14)8-2-3-9(12)10(13)6-8/h2-3,6,11,15H,4-5H2,1H3. The number of nitrogens with one attached hydrogen (secondary N) is 1. The van der Waals surface area contributed by atoms with E-state index in [0.29, 0.717) is 18.2 Å². The molecule has 0 bridgehead atoms. The normalized spacial score (nSPS) is 12.1. The zero-order valence-corrected chi connectivity index (χ0v) is 11.2. The van der Waals surface area contributed by atoms with Crippen LogP contribution in [0.4, 0.5) is 0 Å². The maximum atomic E-state index is 9.03. The molecule has 0 heterocycles. The molecule has 1 N–H and O–H groups in total. The van der Waals surface area contributed by atoms with Crippen molar-refractivity contribution in [2.75, 3.05) is 20.3 Å². The second-order valence-electron chi connectivity index (χ2n) is 3.18. The number of nitriles is 1. The maximum Gasteiger partial charge on any atom is 0.121 e. The van der Waals surface area contributed by atoms with Gasteiger partial charge >= 0.3 is 0 Å². The van der Waals surface area contributed by atoms with E-state index in [1.807, 2.05) is 12.1 Å². The van der Waals surface area contributed by atoms with Gasteiger partial charge in [-0.2, -0.15) is 5.26 Å². The highest BCUT2D eigenvalue weighted by Crippen LogP contribution is 2.25. The molecule has 0 aliphatic carbocycles. The van der Waals surface area contributed by atoms with Crippen LogP contribution < -0.4 is 5.32 Å². The number of benzene rings is 1. The van der Waals surface area contributed by atoms with Crippen molar-refractivity contribution in [3.8, 4) is 6.07 Å². The van der Waals surface area contributed by atoms with Crippen LogP contribution in [0, 0.1) is 11.3 Å². The quantitative estimate of drug-likeness (QED) is 0.851. The molecule has 0 saturated carbocycles. The van der Waals surface area contributed by atoms with E-state index < -0.39 is 0 Å². The summed E-state index contributed by atoms with van der Waals surface area (Å²) in [6.45, 7) is 1.20. The Morgan fingerprint density at radius 1 is 1.62 bits per heavy atom. The molecule has 1 aromatic rings. The summed E-state index contributed by atoms with van der Waals surface area (Å²) in [6, 6.07) is 7.30. The Bertz CT molecular complexity index is 392. The third kappa shape index (κ3) is 3.76. The first-order valence-corrected chi connectivity index (χ1v) is 5.93. The molecule has 3 nitrogen and oxygen atoms in total. The van der Waals surface area contributed by atoms with Crippen LogP contribution in [0.3, 0.4) is 0 Å². The number of methoxy groups -OCH3 is 1. The van der Waals surface area contributed by atoms with E-state index in [2.05, 4.69) is 27.3 Å². The van der Waals surface area contributed by atoms with Gasteiger partial charge in [-0.25, -0.2) is 0 Å². The summed E-state index contributed by atoms with van der Waals surface area (Å²) in [5, 5.41) is 12.7. The average molecular weight is 304 g/mol. The van der Waals surface area contributed by atoms with Crippen molar-refractivity contribution in [3.05, 3.63) is 33.3 Å². The zero-order valence-electron chi connectivity index (χ0n) is 8.84. The zero-order chi connectivity index (χ0) is 12.0. The molecule has 86 valence electrons. The molecule has 0 aliphatic heterocycles. The number of halogens is 2. The molecule has 0 saturated heterocycles. The molecule has 0 radical (unpaired) electrons. The van der Waals surface area contributed by atoms with Crippen molar-refractivity contribution >= 4 is 27.5 Å². The Labute approximate surface area is 108 Å². The summed E-state index contributed by atoms with van der Waals surface area (Å²) in [4.78, 5) is 0. The smallest absolute Gasteiger partial charge is 0.121 e. The van der Waals surface area contributed by atoms with E-state index >= 15 is 0 Å². The highest BCUT2D eigenvalue weighted by Gasteiger charge is 2.10. The van der Waals surface area contributed by atoms with Gasteiger partial charge in [-0.05, 0) is 33.6 Å². The fraction of sp³-hybridized carbons (Fsp3) is 0.364. The second kappa shape index (κ2) is 6.87. The lowest BCUT2D eigenvalue weighted by Gasteiger charge is -2.12. The summed E-state index contributed by atoms with van der Waals surface area (Å²) < 4.78 is 5.74. The van der Waals surface area contributed by atoms with Gasteiger partial charge in [-0.1, -0.05) is 17.7 Å². The summed E-state index contributed by atoms with van der Waals surface area (Å²) >= 11 is 9.28. The van der Waals surface area contributed by atoms with Crippen molar-refractivity contribution in [2.24, 2.45) is 0 Å². The molecule has 0 aliphatic rings. The lowest BCUT2D eigenvalue weighted by atomic mass is 10.1. The first-order chi connectivity index (χ1) is 7.69. The van der Waals surface area contributed by atoms with Crippen molar-refractivity contribution in [3.63, 3.8) is 0 Å². The second-order valence-corrected chi connectivity index (χ2v) is 4.44. The van der Waals surface area contributed by atoms with E-state index in [1.54, 1.807) is 13.2 Å². The predicted molar refractivity (Wildman–Crippen MR) is 67.4 cm³/mol. The van der Waals surface area contributed by atoms with Crippen molar-refractivity contribution in [1.29, 1.82) is 5.26 Å². The molecular formula is C11H12BrClN2O. The van der Waals surface area contributed by atoms with Crippen LogP contribution in [0.2, 0.25) is 5.02 Å². The molecule has 5 heteroatoms. The van der Waals surface area contributed by atoms with Crippen molar-refractivity contribution < 1.29 is 4.74 Å². The van der Waals surface area contributed by atoms with E-state index in [-0.39, 0.29) is 6.04 Å². The molecule has 1 aromatic carbocycles. The lowest BCUT2D eigenvalue weighted by Crippen LogP contribution is -2.23. The average Bonchev–Trinajstić information content (AvgIpc) is 2.29. The number of nitrogens with zero attached hydrogens (tertiary/aromatic N) is 1.